The molecule has 51 heavy (non-hydrogen) atoms. The first-order valence-corrected chi connectivity index (χ1v) is 17.8. The molecular weight excluding hydrogens is 617 g/mol. The van der Waals surface area contributed by atoms with E-state index in [9.17, 15) is 0 Å². The van der Waals surface area contributed by atoms with Crippen LogP contribution >= 0.6 is 0 Å². The second-order valence-corrected chi connectivity index (χ2v) is 14.4. The molecule has 0 spiro atoms. The zero-order valence-electron chi connectivity index (χ0n) is 28.7. The molecule has 9 aromatic rings. The van der Waals surface area contributed by atoms with Crippen molar-refractivity contribution in [3.63, 3.8) is 0 Å². The number of aromatic nitrogens is 2. The molecule has 2 nitrogen and oxygen atoms in total. The molecule has 0 fully saturated rings. The standard InChI is InChI=1S/C49H36N2/c1-49(2)31-44-43-30-38(23-27-47(43)51(48(44)32-49)39-16-7-4-8-17-39)37-22-26-46-42(29-37)41-18-9-10-19-45(41)50(46)40-24-20-34(21-25-40)36-15-11-14-35(28-36)33-12-5-3-6-13-33/h3-32H,1-2H3. The predicted molar refractivity (Wildman–Crippen MR) is 216 cm³/mol. The number of fused-ring (bicyclic) bond motifs is 6. The van der Waals surface area contributed by atoms with Gasteiger partial charge in [0.15, 0.2) is 0 Å². The van der Waals surface area contributed by atoms with Crippen LogP contribution in [0.5, 0.6) is 0 Å². The first-order chi connectivity index (χ1) is 25.0. The van der Waals surface area contributed by atoms with Gasteiger partial charge >= 0.3 is 0 Å². The summed E-state index contributed by atoms with van der Waals surface area (Å²) >= 11 is 0. The molecule has 0 amide bonds. The van der Waals surface area contributed by atoms with E-state index in [0.717, 1.165) is 5.69 Å². The molecular formula is C49H36N2. The van der Waals surface area contributed by atoms with Gasteiger partial charge in [-0.3, -0.25) is 0 Å². The third-order valence-corrected chi connectivity index (χ3v) is 10.5. The number of hydrogen-bond acceptors (Lipinski definition) is 0. The predicted octanol–water partition coefficient (Wildman–Crippen LogP) is 11.3. The SMILES string of the molecule is CC1(C)C=c2c(n(-c3ccccc3)c3ccc(-c4ccc5c(c4)c4ccccc4n5-c4ccc(-c5cccc(-c6ccccc6)c5)cc4)cc23)=C1. The van der Waals surface area contributed by atoms with Crippen molar-refractivity contribution in [2.45, 2.75) is 13.8 Å². The molecule has 0 N–H and O–H groups in total. The van der Waals surface area contributed by atoms with Gasteiger partial charge in [-0.15, -0.1) is 0 Å². The molecule has 0 aliphatic heterocycles. The van der Waals surface area contributed by atoms with Crippen LogP contribution < -0.4 is 10.6 Å². The van der Waals surface area contributed by atoms with Crippen LogP contribution in [0.15, 0.2) is 170 Å². The summed E-state index contributed by atoms with van der Waals surface area (Å²) in [6.45, 7) is 4.58. The highest BCUT2D eigenvalue weighted by Crippen LogP contribution is 2.36. The highest BCUT2D eigenvalue weighted by molar-refractivity contribution is 6.10. The van der Waals surface area contributed by atoms with Gasteiger partial charge in [-0.2, -0.15) is 0 Å². The van der Waals surface area contributed by atoms with E-state index in [2.05, 4.69) is 205 Å². The van der Waals surface area contributed by atoms with Crippen LogP contribution in [0.3, 0.4) is 0 Å². The quantitative estimate of drug-likeness (QED) is 0.175. The Labute approximate surface area is 297 Å². The lowest BCUT2D eigenvalue weighted by Crippen LogP contribution is -2.25. The summed E-state index contributed by atoms with van der Waals surface area (Å²) in [6, 6.07) is 61.9. The highest BCUT2D eigenvalue weighted by atomic mass is 15.0. The minimum atomic E-state index is 0.0104. The van der Waals surface area contributed by atoms with Gasteiger partial charge in [0, 0.05) is 38.2 Å². The van der Waals surface area contributed by atoms with Crippen LogP contribution in [0.4, 0.5) is 0 Å². The van der Waals surface area contributed by atoms with E-state index in [0.29, 0.717) is 0 Å². The van der Waals surface area contributed by atoms with Gasteiger partial charge in [-0.25, -0.2) is 0 Å². The lowest BCUT2D eigenvalue weighted by molar-refractivity contribution is 0.722. The number of hydrogen-bond donors (Lipinski definition) is 0. The maximum atomic E-state index is 2.43. The van der Waals surface area contributed by atoms with Crippen LogP contribution in [0, 0.1) is 5.41 Å². The monoisotopic (exact) mass is 652 g/mol. The summed E-state index contributed by atoms with van der Waals surface area (Å²) in [5.74, 6) is 0. The second kappa shape index (κ2) is 11.3. The van der Waals surface area contributed by atoms with E-state index in [-0.39, 0.29) is 5.41 Å². The molecule has 0 radical (unpaired) electrons. The third-order valence-electron chi connectivity index (χ3n) is 10.5. The van der Waals surface area contributed by atoms with Gasteiger partial charge in [-0.05, 0) is 94.0 Å². The first kappa shape index (κ1) is 29.5. The molecule has 0 unspecified atom stereocenters. The van der Waals surface area contributed by atoms with Gasteiger partial charge in [0.25, 0.3) is 0 Å². The van der Waals surface area contributed by atoms with Crippen molar-refractivity contribution < 1.29 is 0 Å². The Kier molecular flexibility index (Phi) is 6.56. The lowest BCUT2D eigenvalue weighted by atomic mass is 9.95. The third kappa shape index (κ3) is 4.87. The maximum absolute atomic E-state index is 2.43. The van der Waals surface area contributed by atoms with Crippen molar-refractivity contribution in [3.05, 3.63) is 180 Å². The normalized spacial score (nSPS) is 13.4. The molecule has 0 bridgehead atoms. The molecule has 10 rings (SSSR count). The molecule has 2 heteroatoms. The largest absolute Gasteiger partial charge is 0.310 e. The lowest BCUT2D eigenvalue weighted by Gasteiger charge is -2.12. The Morgan fingerprint density at radius 2 is 0.863 bits per heavy atom. The van der Waals surface area contributed by atoms with Gasteiger partial charge < -0.3 is 9.13 Å². The summed E-state index contributed by atoms with van der Waals surface area (Å²) in [5, 5.41) is 6.43. The average Bonchev–Trinajstić information content (AvgIpc) is 3.79. The Morgan fingerprint density at radius 3 is 1.59 bits per heavy atom. The van der Waals surface area contributed by atoms with Gasteiger partial charge in [0.1, 0.15) is 0 Å². The molecule has 0 atom stereocenters. The van der Waals surface area contributed by atoms with Crippen molar-refractivity contribution in [1.29, 1.82) is 0 Å². The van der Waals surface area contributed by atoms with E-state index >= 15 is 0 Å². The van der Waals surface area contributed by atoms with Crippen molar-refractivity contribution in [3.8, 4) is 44.8 Å². The topological polar surface area (TPSA) is 9.86 Å². The molecule has 7 aromatic carbocycles. The summed E-state index contributed by atoms with van der Waals surface area (Å²) in [5.41, 5.74) is 13.4. The minimum Gasteiger partial charge on any atom is -0.310 e. The van der Waals surface area contributed by atoms with E-state index in [1.165, 1.54) is 82.3 Å². The van der Waals surface area contributed by atoms with Crippen molar-refractivity contribution in [2.75, 3.05) is 0 Å². The number of benzene rings is 7. The molecule has 0 saturated carbocycles. The average molecular weight is 653 g/mol. The summed E-state index contributed by atoms with van der Waals surface area (Å²) in [4.78, 5) is 0. The van der Waals surface area contributed by atoms with E-state index in [1.807, 2.05) is 0 Å². The summed E-state index contributed by atoms with van der Waals surface area (Å²) in [6.07, 6.45) is 4.83. The zero-order chi connectivity index (χ0) is 34.1. The van der Waals surface area contributed by atoms with Crippen LogP contribution in [0.25, 0.3) is 89.6 Å². The van der Waals surface area contributed by atoms with E-state index in [1.54, 1.807) is 0 Å². The summed E-state index contributed by atoms with van der Waals surface area (Å²) < 4.78 is 4.82. The van der Waals surface area contributed by atoms with Crippen molar-refractivity contribution in [1.82, 2.24) is 9.13 Å². The fourth-order valence-corrected chi connectivity index (χ4v) is 8.17. The van der Waals surface area contributed by atoms with Crippen LogP contribution in [0.1, 0.15) is 13.8 Å². The Hall–Kier alpha value is -6.38. The number of para-hydroxylation sites is 2. The smallest absolute Gasteiger partial charge is 0.0541 e. The van der Waals surface area contributed by atoms with Crippen molar-refractivity contribution in [2.24, 2.45) is 5.41 Å². The van der Waals surface area contributed by atoms with Gasteiger partial charge in [0.05, 0.1) is 21.9 Å². The molecule has 2 heterocycles. The molecule has 1 aliphatic carbocycles. The van der Waals surface area contributed by atoms with Crippen LogP contribution in [0.2, 0.25) is 0 Å². The Balaban J connectivity index is 1.07. The molecule has 1 aliphatic rings. The molecule has 242 valence electrons. The van der Waals surface area contributed by atoms with Crippen molar-refractivity contribution >= 4 is 44.9 Å². The fourth-order valence-electron chi connectivity index (χ4n) is 8.17. The van der Waals surface area contributed by atoms with Gasteiger partial charge in [-0.1, -0.05) is 135 Å². The number of nitrogens with zero attached hydrogens (tertiary/aromatic N) is 2. The highest BCUT2D eigenvalue weighted by Gasteiger charge is 2.22. The molecule has 2 aromatic heterocycles. The second-order valence-electron chi connectivity index (χ2n) is 14.4. The fraction of sp³-hybridized carbons (Fsp3) is 0.0612. The number of rotatable bonds is 5. The zero-order valence-corrected chi connectivity index (χ0v) is 28.7. The Bertz CT molecular complexity index is 2910. The summed E-state index contributed by atoms with van der Waals surface area (Å²) in [7, 11) is 0. The van der Waals surface area contributed by atoms with Crippen LogP contribution in [-0.2, 0) is 0 Å². The first-order valence-electron chi connectivity index (χ1n) is 17.8. The van der Waals surface area contributed by atoms with E-state index < -0.39 is 0 Å². The van der Waals surface area contributed by atoms with Crippen LogP contribution in [-0.4, -0.2) is 9.13 Å². The maximum Gasteiger partial charge on any atom is 0.0541 e. The molecule has 0 saturated heterocycles. The Morgan fingerprint density at radius 1 is 0.353 bits per heavy atom. The minimum absolute atomic E-state index is 0.0104. The van der Waals surface area contributed by atoms with Gasteiger partial charge in [0.2, 0.25) is 0 Å². The van der Waals surface area contributed by atoms with E-state index in [4.69, 9.17) is 0 Å².